The first-order chi connectivity index (χ1) is 15.5. The summed E-state index contributed by atoms with van der Waals surface area (Å²) in [6, 6.07) is 9.89. The number of aryl methyl sites for hydroxylation is 1. The fraction of sp³-hybridized carbons (Fsp3) is 0.250. The van der Waals surface area contributed by atoms with E-state index >= 15 is 0 Å². The smallest absolute Gasteiger partial charge is 0.254 e. The van der Waals surface area contributed by atoms with Crippen LogP contribution in [0.3, 0.4) is 0 Å². The molecule has 0 radical (unpaired) electrons. The molecule has 32 heavy (non-hydrogen) atoms. The molecular formula is C24H25N7O. The van der Waals surface area contributed by atoms with Gasteiger partial charge in [-0.3, -0.25) is 9.78 Å². The summed E-state index contributed by atoms with van der Waals surface area (Å²) in [5.41, 5.74) is 5.83. The predicted octanol–water partition coefficient (Wildman–Crippen LogP) is 3.12. The van der Waals surface area contributed by atoms with Crippen LogP contribution in [-0.2, 0) is 20.0 Å². The van der Waals surface area contributed by atoms with Gasteiger partial charge in [0.05, 0.1) is 23.1 Å². The van der Waals surface area contributed by atoms with Crippen LogP contribution >= 0.6 is 0 Å². The molecule has 0 spiro atoms. The average Bonchev–Trinajstić information content (AvgIpc) is 3.36. The van der Waals surface area contributed by atoms with Crippen LogP contribution in [-0.4, -0.2) is 51.0 Å². The third-order valence-electron chi connectivity index (χ3n) is 5.74. The molecule has 0 unspecified atom stereocenters. The molecule has 4 aromatic heterocycles. The highest BCUT2D eigenvalue weighted by Gasteiger charge is 2.28. The largest absolute Gasteiger partial charge is 0.348 e. The molecule has 0 fully saturated rings. The standard InChI is InChI=1S/C24H25N7O/c1-30(2)11-8-15-5-4-6-20(28-15)29-19-14-26-22(18-13-27-24(32)21(18)19)16-7-10-25-23-17(16)9-12-31(23)3/h4-7,9-10,12,14H,8,11,13H2,1-3H3,(H,27,32)(H,28,29). The Balaban J connectivity index is 1.53. The highest BCUT2D eigenvalue weighted by molar-refractivity contribution is 6.06. The Kier molecular flexibility index (Phi) is 5.07. The van der Waals surface area contributed by atoms with E-state index in [1.165, 1.54) is 0 Å². The van der Waals surface area contributed by atoms with Crippen LogP contribution in [0.1, 0.15) is 21.6 Å². The fourth-order valence-corrected chi connectivity index (χ4v) is 4.10. The molecule has 1 aliphatic heterocycles. The number of aromatic nitrogens is 4. The number of anilines is 2. The summed E-state index contributed by atoms with van der Waals surface area (Å²) >= 11 is 0. The second kappa shape index (κ2) is 8.05. The molecule has 0 saturated heterocycles. The minimum Gasteiger partial charge on any atom is -0.348 e. The molecule has 1 amide bonds. The second-order valence-corrected chi connectivity index (χ2v) is 8.27. The maximum Gasteiger partial charge on any atom is 0.254 e. The van der Waals surface area contributed by atoms with Gasteiger partial charge in [-0.1, -0.05) is 6.07 Å². The van der Waals surface area contributed by atoms with Gasteiger partial charge in [-0.15, -0.1) is 0 Å². The molecule has 2 N–H and O–H groups in total. The third-order valence-corrected chi connectivity index (χ3v) is 5.74. The number of hydrogen-bond acceptors (Lipinski definition) is 6. The van der Waals surface area contributed by atoms with Gasteiger partial charge in [-0.05, 0) is 38.4 Å². The Morgan fingerprint density at radius 1 is 1.19 bits per heavy atom. The second-order valence-electron chi connectivity index (χ2n) is 8.27. The number of hydrogen-bond donors (Lipinski definition) is 2. The number of nitrogens with zero attached hydrogens (tertiary/aromatic N) is 5. The predicted molar refractivity (Wildman–Crippen MR) is 125 cm³/mol. The third kappa shape index (κ3) is 3.58. The van der Waals surface area contributed by atoms with E-state index < -0.39 is 0 Å². The number of carbonyl (C=O) groups is 1. The quantitative estimate of drug-likeness (QED) is 0.492. The van der Waals surface area contributed by atoms with Crippen molar-refractivity contribution in [1.82, 2.24) is 29.7 Å². The zero-order chi connectivity index (χ0) is 22.2. The van der Waals surface area contributed by atoms with Crippen molar-refractivity contribution >= 4 is 28.4 Å². The maximum absolute atomic E-state index is 12.8. The minimum atomic E-state index is -0.103. The van der Waals surface area contributed by atoms with Gasteiger partial charge in [0.2, 0.25) is 0 Å². The lowest BCUT2D eigenvalue weighted by Gasteiger charge is -2.14. The summed E-state index contributed by atoms with van der Waals surface area (Å²) in [5.74, 6) is 0.598. The van der Waals surface area contributed by atoms with Gasteiger partial charge < -0.3 is 20.1 Å². The van der Waals surface area contributed by atoms with E-state index in [1.807, 2.05) is 62.2 Å². The van der Waals surface area contributed by atoms with Crippen molar-refractivity contribution in [2.75, 3.05) is 26.0 Å². The Hall–Kier alpha value is -3.78. The van der Waals surface area contributed by atoms with Crippen LogP contribution in [0, 0.1) is 0 Å². The molecular weight excluding hydrogens is 402 g/mol. The van der Waals surface area contributed by atoms with E-state index in [-0.39, 0.29) is 5.91 Å². The van der Waals surface area contributed by atoms with Crippen molar-refractivity contribution in [1.29, 1.82) is 0 Å². The molecule has 4 aromatic rings. The molecule has 8 nitrogen and oxygen atoms in total. The van der Waals surface area contributed by atoms with E-state index in [0.717, 1.165) is 46.5 Å². The summed E-state index contributed by atoms with van der Waals surface area (Å²) < 4.78 is 1.98. The van der Waals surface area contributed by atoms with Gasteiger partial charge >= 0.3 is 0 Å². The minimum absolute atomic E-state index is 0.103. The first-order valence-corrected chi connectivity index (χ1v) is 10.6. The molecule has 0 atom stereocenters. The fourth-order valence-electron chi connectivity index (χ4n) is 4.10. The van der Waals surface area contributed by atoms with Crippen molar-refractivity contribution in [3.8, 4) is 11.3 Å². The van der Waals surface area contributed by atoms with E-state index in [4.69, 9.17) is 9.97 Å². The van der Waals surface area contributed by atoms with Crippen molar-refractivity contribution < 1.29 is 4.79 Å². The SMILES string of the molecule is CN(C)CCc1cccc(Nc2cnc(-c3ccnc4c3ccn4C)c3c2C(=O)NC3)n1. The monoisotopic (exact) mass is 427 g/mol. The lowest BCUT2D eigenvalue weighted by molar-refractivity contribution is 0.0966. The number of carbonyl (C=O) groups excluding carboxylic acids is 1. The van der Waals surface area contributed by atoms with Gasteiger partial charge in [0.25, 0.3) is 5.91 Å². The van der Waals surface area contributed by atoms with E-state index in [0.29, 0.717) is 23.6 Å². The Morgan fingerprint density at radius 2 is 2.06 bits per heavy atom. The number of rotatable bonds is 6. The van der Waals surface area contributed by atoms with Crippen LogP contribution in [0.15, 0.2) is 48.9 Å². The Labute approximate surface area is 186 Å². The number of likely N-dealkylation sites (N-methyl/N-ethyl adjacent to an activating group) is 1. The normalized spacial score (nSPS) is 12.9. The van der Waals surface area contributed by atoms with Gasteiger partial charge in [0.15, 0.2) is 0 Å². The molecule has 0 saturated carbocycles. The Bertz CT molecular complexity index is 1330. The maximum atomic E-state index is 12.8. The topological polar surface area (TPSA) is 88.0 Å². The first kappa shape index (κ1) is 20.1. The summed E-state index contributed by atoms with van der Waals surface area (Å²) in [5, 5.41) is 7.29. The number of pyridine rings is 3. The van der Waals surface area contributed by atoms with E-state index in [2.05, 4.69) is 20.5 Å². The first-order valence-electron chi connectivity index (χ1n) is 10.6. The van der Waals surface area contributed by atoms with Gasteiger partial charge in [-0.2, -0.15) is 0 Å². The molecule has 0 bridgehead atoms. The van der Waals surface area contributed by atoms with Crippen molar-refractivity contribution in [3.63, 3.8) is 0 Å². The summed E-state index contributed by atoms with van der Waals surface area (Å²) in [6.45, 7) is 1.36. The summed E-state index contributed by atoms with van der Waals surface area (Å²) in [7, 11) is 6.06. The zero-order valence-electron chi connectivity index (χ0n) is 18.4. The van der Waals surface area contributed by atoms with Crippen LogP contribution in [0.2, 0.25) is 0 Å². The molecule has 162 valence electrons. The number of fused-ring (bicyclic) bond motifs is 2. The Morgan fingerprint density at radius 3 is 2.91 bits per heavy atom. The molecule has 5 rings (SSSR count). The van der Waals surface area contributed by atoms with Gasteiger partial charge in [0, 0.05) is 61.2 Å². The van der Waals surface area contributed by atoms with Gasteiger partial charge in [-0.25, -0.2) is 9.97 Å². The summed E-state index contributed by atoms with van der Waals surface area (Å²) in [4.78, 5) is 28.8. The zero-order valence-corrected chi connectivity index (χ0v) is 18.4. The van der Waals surface area contributed by atoms with Crippen molar-refractivity contribution in [2.45, 2.75) is 13.0 Å². The molecule has 1 aliphatic rings. The lowest BCUT2D eigenvalue weighted by atomic mass is 10.0. The van der Waals surface area contributed by atoms with Crippen LogP contribution in [0.25, 0.3) is 22.3 Å². The highest BCUT2D eigenvalue weighted by atomic mass is 16.1. The van der Waals surface area contributed by atoms with Crippen molar-refractivity contribution in [2.24, 2.45) is 7.05 Å². The van der Waals surface area contributed by atoms with Crippen molar-refractivity contribution in [3.05, 3.63) is 65.7 Å². The van der Waals surface area contributed by atoms with Crippen LogP contribution in [0.4, 0.5) is 11.5 Å². The van der Waals surface area contributed by atoms with Gasteiger partial charge in [0.1, 0.15) is 11.5 Å². The van der Waals surface area contributed by atoms with Crippen LogP contribution < -0.4 is 10.6 Å². The summed E-state index contributed by atoms with van der Waals surface area (Å²) in [6.07, 6.45) is 6.34. The average molecular weight is 428 g/mol. The van der Waals surface area contributed by atoms with Crippen LogP contribution in [0.5, 0.6) is 0 Å². The highest BCUT2D eigenvalue weighted by Crippen LogP contribution is 2.35. The molecule has 0 aromatic carbocycles. The molecule has 8 heteroatoms. The number of amides is 1. The van der Waals surface area contributed by atoms with E-state index in [1.54, 1.807) is 12.4 Å². The van der Waals surface area contributed by atoms with E-state index in [9.17, 15) is 4.79 Å². The number of nitrogens with one attached hydrogen (secondary N) is 2. The molecule has 5 heterocycles. The molecule has 0 aliphatic carbocycles. The lowest BCUT2D eigenvalue weighted by Crippen LogP contribution is -2.16.